The Morgan fingerprint density at radius 1 is 1.23 bits per heavy atom. The summed E-state index contributed by atoms with van der Waals surface area (Å²) in [6.07, 6.45) is 3.28. The minimum absolute atomic E-state index is 0.0410. The second-order valence-electron chi connectivity index (χ2n) is 2.98. The molecule has 0 atom stereocenters. The molecule has 1 radical (unpaired) electrons. The second kappa shape index (κ2) is 7.58. The average molecular weight is 185 g/mol. The number of unbranched alkanes of at least 4 members (excludes halogenated alkanes) is 1. The maximum atomic E-state index is 11.0. The van der Waals surface area contributed by atoms with Crippen LogP contribution < -0.4 is 11.1 Å². The highest BCUT2D eigenvalue weighted by molar-refractivity contribution is 5.76. The third kappa shape index (κ3) is 8.85. The van der Waals surface area contributed by atoms with Crippen molar-refractivity contribution in [3.63, 3.8) is 0 Å². The first-order valence-corrected chi connectivity index (χ1v) is 4.68. The summed E-state index contributed by atoms with van der Waals surface area (Å²) < 4.78 is 0. The molecule has 2 N–H and O–H groups in total. The summed E-state index contributed by atoms with van der Waals surface area (Å²) in [6, 6.07) is 0. The summed E-state index contributed by atoms with van der Waals surface area (Å²) in [7, 11) is 0. The molecule has 0 aromatic heterocycles. The Morgan fingerprint density at radius 3 is 2.46 bits per heavy atom. The van der Waals surface area contributed by atoms with Crippen molar-refractivity contribution in [2.45, 2.75) is 39.0 Å². The van der Waals surface area contributed by atoms with E-state index in [2.05, 4.69) is 5.32 Å². The standard InChI is InChI=1S/C9H17N2O2/c1-2-3-6-9(13)11-7-4-5-8(10)12/h10H,2-7H2,1H3,(H,11,13). The van der Waals surface area contributed by atoms with Crippen LogP contribution >= 0.6 is 0 Å². The lowest BCUT2D eigenvalue weighted by Gasteiger charge is -2.02. The minimum Gasteiger partial charge on any atom is -0.356 e. The van der Waals surface area contributed by atoms with Gasteiger partial charge in [-0.05, 0) is 12.8 Å². The van der Waals surface area contributed by atoms with Crippen molar-refractivity contribution >= 4 is 11.8 Å². The monoisotopic (exact) mass is 185 g/mol. The molecule has 0 aliphatic heterocycles. The van der Waals surface area contributed by atoms with Crippen LogP contribution in [0.4, 0.5) is 0 Å². The maximum absolute atomic E-state index is 11.0. The molecule has 13 heavy (non-hydrogen) atoms. The Balaban J connectivity index is 3.22. The smallest absolute Gasteiger partial charge is 0.238 e. The Hall–Kier alpha value is -1.06. The van der Waals surface area contributed by atoms with Crippen LogP contribution in [0.5, 0.6) is 0 Å². The molecule has 0 aromatic carbocycles. The molecule has 0 heterocycles. The number of nitrogens with one attached hydrogen (secondary N) is 2. The highest BCUT2D eigenvalue weighted by atomic mass is 16.2. The maximum Gasteiger partial charge on any atom is 0.238 e. The summed E-state index contributed by atoms with van der Waals surface area (Å²) >= 11 is 0. The van der Waals surface area contributed by atoms with Gasteiger partial charge in [0.1, 0.15) is 0 Å². The van der Waals surface area contributed by atoms with E-state index < -0.39 is 5.91 Å². The van der Waals surface area contributed by atoms with Crippen LogP contribution in [0, 0.1) is 0 Å². The summed E-state index contributed by atoms with van der Waals surface area (Å²) in [5.74, 6) is -0.526. The number of hydrogen-bond acceptors (Lipinski definition) is 2. The predicted molar refractivity (Wildman–Crippen MR) is 49.9 cm³/mol. The van der Waals surface area contributed by atoms with Crippen molar-refractivity contribution in [1.29, 1.82) is 0 Å². The Labute approximate surface area is 78.9 Å². The normalized spacial score (nSPS) is 9.62. The topological polar surface area (TPSA) is 70.0 Å². The first-order chi connectivity index (χ1) is 6.16. The van der Waals surface area contributed by atoms with Gasteiger partial charge in [-0.15, -0.1) is 0 Å². The van der Waals surface area contributed by atoms with Gasteiger partial charge in [-0.3, -0.25) is 15.3 Å². The van der Waals surface area contributed by atoms with E-state index in [1.165, 1.54) is 0 Å². The highest BCUT2D eigenvalue weighted by Gasteiger charge is 1.99. The van der Waals surface area contributed by atoms with E-state index >= 15 is 0 Å². The fraction of sp³-hybridized carbons (Fsp3) is 0.778. The van der Waals surface area contributed by atoms with Crippen LogP contribution in [0.15, 0.2) is 0 Å². The number of carbonyl (C=O) groups is 2. The van der Waals surface area contributed by atoms with Gasteiger partial charge in [-0.1, -0.05) is 13.3 Å². The van der Waals surface area contributed by atoms with E-state index in [-0.39, 0.29) is 12.3 Å². The minimum atomic E-state index is -0.567. The zero-order chi connectivity index (χ0) is 10.1. The first kappa shape index (κ1) is 11.9. The van der Waals surface area contributed by atoms with Crippen molar-refractivity contribution in [1.82, 2.24) is 11.1 Å². The van der Waals surface area contributed by atoms with Gasteiger partial charge in [0.25, 0.3) is 0 Å². The van der Waals surface area contributed by atoms with Crippen molar-refractivity contribution < 1.29 is 9.59 Å². The summed E-state index contributed by atoms with van der Waals surface area (Å²) in [5, 5.41) is 2.70. The molecular formula is C9H17N2O2. The van der Waals surface area contributed by atoms with Gasteiger partial charge >= 0.3 is 0 Å². The molecule has 0 rings (SSSR count). The number of hydrogen-bond donors (Lipinski definition) is 1. The van der Waals surface area contributed by atoms with E-state index in [0.717, 1.165) is 12.8 Å². The van der Waals surface area contributed by atoms with Crippen LogP contribution in [0.2, 0.25) is 0 Å². The Kier molecular flexibility index (Phi) is 6.96. The SMILES string of the molecule is CCCCC(=O)NCCCC([NH])=O. The van der Waals surface area contributed by atoms with Crippen molar-refractivity contribution in [2.24, 2.45) is 0 Å². The van der Waals surface area contributed by atoms with E-state index in [9.17, 15) is 9.59 Å². The van der Waals surface area contributed by atoms with Gasteiger partial charge in [-0.25, -0.2) is 0 Å². The van der Waals surface area contributed by atoms with Gasteiger partial charge < -0.3 is 5.32 Å². The van der Waals surface area contributed by atoms with Crippen molar-refractivity contribution in [2.75, 3.05) is 6.54 Å². The van der Waals surface area contributed by atoms with Gasteiger partial charge in [-0.2, -0.15) is 0 Å². The summed E-state index contributed by atoms with van der Waals surface area (Å²) in [6.45, 7) is 2.54. The number of rotatable bonds is 7. The molecule has 0 spiro atoms. The second-order valence-corrected chi connectivity index (χ2v) is 2.98. The fourth-order valence-electron chi connectivity index (χ4n) is 0.902. The summed E-state index contributed by atoms with van der Waals surface area (Å²) in [5.41, 5.74) is 6.62. The van der Waals surface area contributed by atoms with E-state index in [1.807, 2.05) is 6.92 Å². The van der Waals surface area contributed by atoms with E-state index in [1.54, 1.807) is 0 Å². The van der Waals surface area contributed by atoms with Crippen LogP contribution in [0.25, 0.3) is 0 Å². The van der Waals surface area contributed by atoms with Crippen LogP contribution in [0.3, 0.4) is 0 Å². The third-order valence-electron chi connectivity index (χ3n) is 1.66. The molecule has 4 heteroatoms. The third-order valence-corrected chi connectivity index (χ3v) is 1.66. The molecule has 0 unspecified atom stereocenters. The molecule has 4 nitrogen and oxygen atoms in total. The van der Waals surface area contributed by atoms with Crippen LogP contribution in [0.1, 0.15) is 39.0 Å². The molecule has 0 saturated carbocycles. The molecular weight excluding hydrogens is 168 g/mol. The molecule has 0 aliphatic rings. The highest BCUT2D eigenvalue weighted by Crippen LogP contribution is 1.93. The van der Waals surface area contributed by atoms with Gasteiger partial charge in [0.05, 0.1) is 0 Å². The molecule has 0 bridgehead atoms. The number of amides is 2. The largest absolute Gasteiger partial charge is 0.356 e. The van der Waals surface area contributed by atoms with E-state index in [4.69, 9.17) is 5.73 Å². The fourth-order valence-corrected chi connectivity index (χ4v) is 0.902. The molecule has 75 valence electrons. The molecule has 0 aromatic rings. The predicted octanol–water partition coefficient (Wildman–Crippen LogP) is 0.882. The van der Waals surface area contributed by atoms with Gasteiger partial charge in [0, 0.05) is 19.4 Å². The Bertz CT molecular complexity index is 169. The zero-order valence-corrected chi connectivity index (χ0v) is 8.06. The van der Waals surface area contributed by atoms with Crippen LogP contribution in [-0.4, -0.2) is 18.4 Å². The molecule has 0 fully saturated rings. The number of carbonyl (C=O) groups excluding carboxylic acids is 2. The van der Waals surface area contributed by atoms with Gasteiger partial charge in [0.2, 0.25) is 11.8 Å². The van der Waals surface area contributed by atoms with Crippen LogP contribution in [-0.2, 0) is 9.59 Å². The lowest BCUT2D eigenvalue weighted by molar-refractivity contribution is -0.122. The summed E-state index contributed by atoms with van der Waals surface area (Å²) in [4.78, 5) is 21.2. The van der Waals surface area contributed by atoms with Gasteiger partial charge in [0.15, 0.2) is 0 Å². The Morgan fingerprint density at radius 2 is 1.92 bits per heavy atom. The zero-order valence-electron chi connectivity index (χ0n) is 8.06. The lowest BCUT2D eigenvalue weighted by Crippen LogP contribution is -2.24. The average Bonchev–Trinajstić information content (AvgIpc) is 2.08. The molecule has 0 aliphatic carbocycles. The van der Waals surface area contributed by atoms with E-state index in [0.29, 0.717) is 19.4 Å². The molecule has 0 saturated heterocycles. The lowest BCUT2D eigenvalue weighted by atomic mass is 10.2. The van der Waals surface area contributed by atoms with Crippen molar-refractivity contribution in [3.8, 4) is 0 Å². The quantitative estimate of drug-likeness (QED) is 0.598. The van der Waals surface area contributed by atoms with Crippen molar-refractivity contribution in [3.05, 3.63) is 0 Å². The first-order valence-electron chi connectivity index (χ1n) is 4.68. The molecule has 2 amide bonds.